The van der Waals surface area contributed by atoms with Gasteiger partial charge in [-0.2, -0.15) is 0 Å². The molecule has 4 rings (SSSR count). The van der Waals surface area contributed by atoms with E-state index in [0.717, 1.165) is 24.0 Å². The highest BCUT2D eigenvalue weighted by molar-refractivity contribution is 7.99. The number of nitro groups is 1. The highest BCUT2D eigenvalue weighted by Gasteiger charge is 2.19. The molecule has 3 aromatic rings. The SMILES string of the molecule is O=C(CSc1nnc(-c2ccc([N+](=O)[O-])cc2)n1Cc1ccccc1)NC1CCCCC1. The van der Waals surface area contributed by atoms with E-state index < -0.39 is 4.92 Å². The van der Waals surface area contributed by atoms with E-state index >= 15 is 0 Å². The molecule has 166 valence electrons. The van der Waals surface area contributed by atoms with Gasteiger partial charge in [-0.15, -0.1) is 10.2 Å². The van der Waals surface area contributed by atoms with Crippen molar-refractivity contribution in [3.05, 3.63) is 70.3 Å². The van der Waals surface area contributed by atoms with Crippen LogP contribution in [0.1, 0.15) is 37.7 Å². The van der Waals surface area contributed by atoms with E-state index in [0.29, 0.717) is 17.5 Å². The van der Waals surface area contributed by atoms with Gasteiger partial charge in [0, 0.05) is 23.7 Å². The lowest BCUT2D eigenvalue weighted by atomic mass is 9.95. The second-order valence-corrected chi connectivity index (χ2v) is 8.82. The number of hydrogen-bond acceptors (Lipinski definition) is 6. The van der Waals surface area contributed by atoms with Crippen LogP contribution in [0.3, 0.4) is 0 Å². The molecule has 1 aromatic heterocycles. The van der Waals surface area contributed by atoms with Gasteiger partial charge in [0.25, 0.3) is 5.69 Å². The number of thioether (sulfide) groups is 1. The third-order valence-corrected chi connectivity index (χ3v) is 6.51. The van der Waals surface area contributed by atoms with E-state index in [-0.39, 0.29) is 23.4 Å². The summed E-state index contributed by atoms with van der Waals surface area (Å²) in [7, 11) is 0. The minimum atomic E-state index is -0.426. The molecule has 1 N–H and O–H groups in total. The highest BCUT2D eigenvalue weighted by Crippen LogP contribution is 2.27. The van der Waals surface area contributed by atoms with Crippen LogP contribution in [-0.4, -0.2) is 37.4 Å². The predicted octanol–water partition coefficient (Wildman–Crippen LogP) is 4.44. The number of rotatable bonds is 8. The second kappa shape index (κ2) is 10.4. The number of amides is 1. The van der Waals surface area contributed by atoms with E-state index in [4.69, 9.17) is 0 Å². The summed E-state index contributed by atoms with van der Waals surface area (Å²) >= 11 is 1.36. The number of hydrogen-bond donors (Lipinski definition) is 1. The zero-order valence-corrected chi connectivity index (χ0v) is 18.5. The molecule has 1 aliphatic carbocycles. The monoisotopic (exact) mass is 451 g/mol. The average Bonchev–Trinajstić information content (AvgIpc) is 3.21. The summed E-state index contributed by atoms with van der Waals surface area (Å²) in [4.78, 5) is 23.0. The number of nitrogens with zero attached hydrogens (tertiary/aromatic N) is 4. The molecule has 1 aliphatic rings. The fourth-order valence-corrected chi connectivity index (χ4v) is 4.65. The summed E-state index contributed by atoms with van der Waals surface area (Å²) in [5.41, 5.74) is 1.83. The summed E-state index contributed by atoms with van der Waals surface area (Å²) in [5, 5.41) is 23.4. The minimum Gasteiger partial charge on any atom is -0.353 e. The maximum absolute atomic E-state index is 12.5. The number of non-ortho nitro benzene ring substituents is 1. The van der Waals surface area contributed by atoms with Crippen molar-refractivity contribution >= 4 is 23.4 Å². The van der Waals surface area contributed by atoms with Gasteiger partial charge in [0.1, 0.15) is 0 Å². The Morgan fingerprint density at radius 3 is 2.47 bits per heavy atom. The molecule has 8 nitrogen and oxygen atoms in total. The first-order valence-corrected chi connectivity index (χ1v) is 11.7. The first-order valence-electron chi connectivity index (χ1n) is 10.7. The number of aromatic nitrogens is 3. The Morgan fingerprint density at radius 2 is 1.78 bits per heavy atom. The van der Waals surface area contributed by atoms with Gasteiger partial charge in [-0.25, -0.2) is 0 Å². The summed E-state index contributed by atoms with van der Waals surface area (Å²) < 4.78 is 1.95. The molecule has 0 spiro atoms. The highest BCUT2D eigenvalue weighted by atomic mass is 32.2. The third kappa shape index (κ3) is 5.53. The smallest absolute Gasteiger partial charge is 0.269 e. The fourth-order valence-electron chi connectivity index (χ4n) is 3.90. The molecule has 0 radical (unpaired) electrons. The van der Waals surface area contributed by atoms with Gasteiger partial charge in [-0.1, -0.05) is 61.4 Å². The van der Waals surface area contributed by atoms with Gasteiger partial charge >= 0.3 is 0 Å². The van der Waals surface area contributed by atoms with Gasteiger partial charge in [-0.05, 0) is 30.5 Å². The van der Waals surface area contributed by atoms with E-state index in [9.17, 15) is 14.9 Å². The van der Waals surface area contributed by atoms with Gasteiger partial charge in [0.15, 0.2) is 11.0 Å². The van der Waals surface area contributed by atoms with Crippen LogP contribution < -0.4 is 5.32 Å². The van der Waals surface area contributed by atoms with Crippen LogP contribution in [0.2, 0.25) is 0 Å². The van der Waals surface area contributed by atoms with E-state index in [1.165, 1.54) is 43.2 Å². The summed E-state index contributed by atoms with van der Waals surface area (Å²) in [6.07, 6.45) is 5.68. The lowest BCUT2D eigenvalue weighted by molar-refractivity contribution is -0.384. The fraction of sp³-hybridized carbons (Fsp3) is 0.348. The molecule has 0 saturated heterocycles. The molecule has 0 aliphatic heterocycles. The Kier molecular flexibility index (Phi) is 7.16. The lowest BCUT2D eigenvalue weighted by Crippen LogP contribution is -2.37. The van der Waals surface area contributed by atoms with Crippen molar-refractivity contribution in [2.45, 2.75) is 49.8 Å². The quantitative estimate of drug-likeness (QED) is 0.308. The van der Waals surface area contributed by atoms with Crippen molar-refractivity contribution in [2.75, 3.05) is 5.75 Å². The molecule has 1 amide bonds. The Labute approximate surface area is 190 Å². The van der Waals surface area contributed by atoms with Crippen molar-refractivity contribution in [3.8, 4) is 11.4 Å². The summed E-state index contributed by atoms with van der Waals surface area (Å²) in [6, 6.07) is 16.5. The van der Waals surface area contributed by atoms with Gasteiger partial charge in [0.05, 0.1) is 17.2 Å². The van der Waals surface area contributed by atoms with Crippen LogP contribution in [0.5, 0.6) is 0 Å². The largest absolute Gasteiger partial charge is 0.353 e. The van der Waals surface area contributed by atoms with Crippen LogP contribution in [-0.2, 0) is 11.3 Å². The number of nitro benzene ring substituents is 1. The standard InChI is InChI=1S/C23H25N5O3S/c29-21(24-19-9-5-2-6-10-19)16-32-23-26-25-22(18-11-13-20(14-12-18)28(30)31)27(23)15-17-7-3-1-4-8-17/h1,3-4,7-8,11-14,19H,2,5-6,9-10,15-16H2,(H,24,29). The first-order chi connectivity index (χ1) is 15.6. The lowest BCUT2D eigenvalue weighted by Gasteiger charge is -2.22. The van der Waals surface area contributed by atoms with Crippen LogP contribution >= 0.6 is 11.8 Å². The van der Waals surface area contributed by atoms with Crippen LogP contribution in [0, 0.1) is 10.1 Å². The maximum atomic E-state index is 12.5. The third-order valence-electron chi connectivity index (χ3n) is 5.54. The predicted molar refractivity (Wildman–Crippen MR) is 123 cm³/mol. The van der Waals surface area contributed by atoms with Crippen molar-refractivity contribution in [1.82, 2.24) is 20.1 Å². The second-order valence-electron chi connectivity index (χ2n) is 7.87. The van der Waals surface area contributed by atoms with Crippen LogP contribution in [0.15, 0.2) is 59.8 Å². The Hall–Kier alpha value is -3.20. The van der Waals surface area contributed by atoms with Crippen LogP contribution in [0.4, 0.5) is 5.69 Å². The zero-order chi connectivity index (χ0) is 22.3. The molecule has 1 saturated carbocycles. The Morgan fingerprint density at radius 1 is 1.06 bits per heavy atom. The molecule has 9 heteroatoms. The van der Waals surface area contributed by atoms with Gasteiger partial charge in [-0.3, -0.25) is 19.5 Å². The van der Waals surface area contributed by atoms with Gasteiger partial charge in [0.2, 0.25) is 5.91 Å². The summed E-state index contributed by atoms with van der Waals surface area (Å²) in [6.45, 7) is 0.534. The Bertz CT molecular complexity index is 1060. The van der Waals surface area contributed by atoms with Crippen molar-refractivity contribution in [1.29, 1.82) is 0 Å². The van der Waals surface area contributed by atoms with E-state index in [1.807, 2.05) is 34.9 Å². The van der Waals surface area contributed by atoms with E-state index in [2.05, 4.69) is 15.5 Å². The number of nitrogens with one attached hydrogen (secondary N) is 1. The van der Waals surface area contributed by atoms with E-state index in [1.54, 1.807) is 12.1 Å². The van der Waals surface area contributed by atoms with Gasteiger partial charge < -0.3 is 5.32 Å². The molecule has 1 fully saturated rings. The number of carbonyl (C=O) groups excluding carboxylic acids is 1. The minimum absolute atomic E-state index is 0.00745. The molecular formula is C23H25N5O3S. The molecule has 0 bridgehead atoms. The van der Waals surface area contributed by atoms with Crippen LogP contribution in [0.25, 0.3) is 11.4 Å². The van der Waals surface area contributed by atoms with Crippen molar-refractivity contribution < 1.29 is 9.72 Å². The maximum Gasteiger partial charge on any atom is 0.269 e. The number of benzene rings is 2. The topological polar surface area (TPSA) is 103 Å². The first kappa shape index (κ1) is 22.0. The summed E-state index contributed by atoms with van der Waals surface area (Å²) in [5.74, 6) is 0.885. The van der Waals surface area contributed by atoms with Crippen molar-refractivity contribution in [3.63, 3.8) is 0 Å². The number of carbonyl (C=O) groups is 1. The zero-order valence-electron chi connectivity index (χ0n) is 17.6. The Balaban J connectivity index is 1.53. The molecule has 0 atom stereocenters. The molecule has 2 aromatic carbocycles. The molecule has 0 unspecified atom stereocenters. The normalized spacial score (nSPS) is 14.2. The molecule has 1 heterocycles. The molecular weight excluding hydrogens is 426 g/mol. The van der Waals surface area contributed by atoms with Crippen molar-refractivity contribution in [2.24, 2.45) is 0 Å². The average molecular weight is 452 g/mol. The molecule has 32 heavy (non-hydrogen) atoms.